The van der Waals surface area contributed by atoms with E-state index in [0.29, 0.717) is 10.0 Å². The van der Waals surface area contributed by atoms with E-state index in [-0.39, 0.29) is 17.7 Å². The van der Waals surface area contributed by atoms with Gasteiger partial charge < -0.3 is 9.15 Å². The molecule has 2 heterocycles. The Morgan fingerprint density at radius 3 is 3.00 bits per heavy atom. The Labute approximate surface area is 112 Å². The quantitative estimate of drug-likeness (QED) is 0.798. The van der Waals surface area contributed by atoms with Crippen LogP contribution in [-0.2, 0) is 4.74 Å². The number of hydrogen-bond donors (Lipinski definition) is 0. The maximum atomic E-state index is 11.3. The summed E-state index contributed by atoms with van der Waals surface area (Å²) in [5.41, 5.74) is 0. The number of pyridine rings is 1. The number of halogens is 1. The van der Waals surface area contributed by atoms with Crippen molar-refractivity contribution in [1.29, 1.82) is 0 Å². The molecule has 0 bridgehead atoms. The highest BCUT2D eigenvalue weighted by molar-refractivity contribution is 7.99. The first-order chi connectivity index (χ1) is 8.69. The Morgan fingerprint density at radius 1 is 1.50 bits per heavy atom. The molecule has 0 aromatic carbocycles. The Balaban J connectivity index is 2.06. The summed E-state index contributed by atoms with van der Waals surface area (Å²) in [6.45, 7) is 1.95. The van der Waals surface area contributed by atoms with Gasteiger partial charge in [-0.15, -0.1) is 5.10 Å². The van der Waals surface area contributed by atoms with Gasteiger partial charge in [0.2, 0.25) is 0 Å². The van der Waals surface area contributed by atoms with Crippen molar-refractivity contribution < 1.29 is 13.9 Å². The van der Waals surface area contributed by atoms with Crippen LogP contribution in [0, 0.1) is 0 Å². The van der Waals surface area contributed by atoms with E-state index in [1.165, 1.54) is 6.20 Å². The Morgan fingerprint density at radius 2 is 2.33 bits per heavy atom. The number of aromatic nitrogens is 3. The van der Waals surface area contributed by atoms with Crippen LogP contribution in [0.15, 0.2) is 33.0 Å². The van der Waals surface area contributed by atoms with Crippen LogP contribution in [-0.4, -0.2) is 27.8 Å². The third kappa shape index (κ3) is 3.21. The summed E-state index contributed by atoms with van der Waals surface area (Å²) in [6.07, 6.45) is 1.51. The minimum atomic E-state index is -0.638. The molecule has 94 valence electrons. The van der Waals surface area contributed by atoms with Gasteiger partial charge in [-0.2, -0.15) is 0 Å². The maximum absolute atomic E-state index is 11.3. The third-order valence-electron chi connectivity index (χ3n) is 1.75. The fourth-order valence-electron chi connectivity index (χ4n) is 1.04. The molecule has 0 aliphatic heterocycles. The second kappa shape index (κ2) is 5.83. The molecule has 0 aliphatic carbocycles. The zero-order valence-corrected chi connectivity index (χ0v) is 10.9. The average Bonchev–Trinajstić information content (AvgIpc) is 2.81. The van der Waals surface area contributed by atoms with Crippen LogP contribution < -0.4 is 0 Å². The van der Waals surface area contributed by atoms with E-state index in [0.717, 1.165) is 11.8 Å². The van der Waals surface area contributed by atoms with Gasteiger partial charge in [0.15, 0.2) is 0 Å². The van der Waals surface area contributed by atoms with Crippen molar-refractivity contribution in [1.82, 2.24) is 15.2 Å². The van der Waals surface area contributed by atoms with E-state index in [4.69, 9.17) is 20.8 Å². The number of ether oxygens (including phenoxy) is 1. The molecule has 2 aromatic rings. The van der Waals surface area contributed by atoms with Crippen molar-refractivity contribution in [3.63, 3.8) is 0 Å². The molecule has 0 fully saturated rings. The summed E-state index contributed by atoms with van der Waals surface area (Å²) in [6, 6.07) is 3.40. The van der Waals surface area contributed by atoms with Crippen molar-refractivity contribution >= 4 is 29.3 Å². The van der Waals surface area contributed by atoms with E-state index in [9.17, 15) is 4.79 Å². The lowest BCUT2D eigenvalue weighted by Crippen LogP contribution is -2.04. The number of hydrogen-bond acceptors (Lipinski definition) is 7. The fourth-order valence-corrected chi connectivity index (χ4v) is 1.77. The molecule has 0 atom stereocenters. The van der Waals surface area contributed by atoms with Gasteiger partial charge in [0.05, 0.1) is 11.6 Å². The maximum Gasteiger partial charge on any atom is 0.396 e. The van der Waals surface area contributed by atoms with Gasteiger partial charge in [-0.3, -0.25) is 0 Å². The van der Waals surface area contributed by atoms with Gasteiger partial charge >= 0.3 is 11.9 Å². The fraction of sp³-hybridized carbons (Fsp3) is 0.200. The van der Waals surface area contributed by atoms with Crippen LogP contribution in [0.5, 0.6) is 0 Å². The van der Waals surface area contributed by atoms with Crippen molar-refractivity contribution in [2.75, 3.05) is 6.61 Å². The smallest absolute Gasteiger partial charge is 0.396 e. The number of nitrogens with zero attached hydrogens (tertiary/aromatic N) is 3. The Kier molecular flexibility index (Phi) is 4.16. The van der Waals surface area contributed by atoms with Gasteiger partial charge in [-0.1, -0.05) is 16.7 Å². The molecule has 0 amide bonds. The normalized spacial score (nSPS) is 10.3. The van der Waals surface area contributed by atoms with Crippen LogP contribution in [0.3, 0.4) is 0 Å². The van der Waals surface area contributed by atoms with Crippen LogP contribution in [0.2, 0.25) is 5.02 Å². The molecule has 2 aromatic heterocycles. The summed E-state index contributed by atoms with van der Waals surface area (Å²) in [7, 11) is 0. The molecule has 8 heteroatoms. The molecule has 2 rings (SSSR count). The molecule has 18 heavy (non-hydrogen) atoms. The average molecular weight is 286 g/mol. The Bertz CT molecular complexity index is 544. The van der Waals surface area contributed by atoms with Gasteiger partial charge in [0.25, 0.3) is 5.22 Å². The second-order valence-electron chi connectivity index (χ2n) is 3.01. The second-order valence-corrected chi connectivity index (χ2v) is 4.42. The Hall–Kier alpha value is -1.60. The van der Waals surface area contributed by atoms with E-state index in [2.05, 4.69) is 15.2 Å². The molecular weight excluding hydrogens is 278 g/mol. The lowest BCUT2D eigenvalue weighted by Gasteiger charge is -1.95. The molecule has 0 aliphatic rings. The molecular formula is C10H8ClN3O3S. The topological polar surface area (TPSA) is 78.1 Å². The highest BCUT2D eigenvalue weighted by atomic mass is 35.5. The standard InChI is InChI=1S/C10H8ClN3O3S/c1-2-16-9(15)8-13-14-10(17-8)18-7-4-3-6(11)5-12-7/h3-5H,2H2,1H3. The molecule has 6 nitrogen and oxygen atoms in total. The molecule has 0 spiro atoms. The van der Waals surface area contributed by atoms with Crippen LogP contribution in [0.4, 0.5) is 0 Å². The van der Waals surface area contributed by atoms with Gasteiger partial charge in [-0.05, 0) is 30.8 Å². The summed E-state index contributed by atoms with van der Waals surface area (Å²) in [5, 5.41) is 8.68. The van der Waals surface area contributed by atoms with E-state index in [1.54, 1.807) is 19.1 Å². The van der Waals surface area contributed by atoms with E-state index in [1.807, 2.05) is 0 Å². The van der Waals surface area contributed by atoms with Crippen LogP contribution in [0.25, 0.3) is 0 Å². The molecule has 0 unspecified atom stereocenters. The summed E-state index contributed by atoms with van der Waals surface area (Å²) >= 11 is 6.85. The first kappa shape index (κ1) is 12.8. The van der Waals surface area contributed by atoms with Crippen molar-refractivity contribution in [2.24, 2.45) is 0 Å². The minimum Gasteiger partial charge on any atom is -0.459 e. The summed E-state index contributed by atoms with van der Waals surface area (Å²) in [5.74, 6) is -0.811. The lowest BCUT2D eigenvalue weighted by atomic mass is 10.5. The SMILES string of the molecule is CCOC(=O)c1nnc(Sc2ccc(Cl)cn2)o1. The summed E-state index contributed by atoms with van der Waals surface area (Å²) < 4.78 is 9.86. The van der Waals surface area contributed by atoms with E-state index >= 15 is 0 Å². The predicted octanol–water partition coefficient (Wildman–Crippen LogP) is 2.45. The third-order valence-corrected chi connectivity index (χ3v) is 2.76. The summed E-state index contributed by atoms with van der Waals surface area (Å²) in [4.78, 5) is 15.3. The molecule has 0 N–H and O–H groups in total. The first-order valence-electron chi connectivity index (χ1n) is 4.99. The van der Waals surface area contributed by atoms with Gasteiger partial charge in [-0.25, -0.2) is 9.78 Å². The van der Waals surface area contributed by atoms with E-state index < -0.39 is 5.97 Å². The van der Waals surface area contributed by atoms with Crippen molar-refractivity contribution in [3.8, 4) is 0 Å². The zero-order chi connectivity index (χ0) is 13.0. The van der Waals surface area contributed by atoms with Gasteiger partial charge in [0, 0.05) is 6.20 Å². The number of rotatable bonds is 4. The van der Waals surface area contributed by atoms with Crippen LogP contribution >= 0.6 is 23.4 Å². The first-order valence-corrected chi connectivity index (χ1v) is 6.18. The highest BCUT2D eigenvalue weighted by Crippen LogP contribution is 2.25. The molecule has 0 saturated heterocycles. The van der Waals surface area contributed by atoms with Crippen LogP contribution in [0.1, 0.15) is 17.6 Å². The molecule has 0 saturated carbocycles. The highest BCUT2D eigenvalue weighted by Gasteiger charge is 2.16. The van der Waals surface area contributed by atoms with Crippen molar-refractivity contribution in [3.05, 3.63) is 29.2 Å². The number of carbonyl (C=O) groups excluding carboxylic acids is 1. The number of carbonyl (C=O) groups is 1. The van der Waals surface area contributed by atoms with Crippen molar-refractivity contribution in [2.45, 2.75) is 17.2 Å². The molecule has 0 radical (unpaired) electrons. The minimum absolute atomic E-state index is 0.173. The zero-order valence-electron chi connectivity index (χ0n) is 9.29. The predicted molar refractivity (Wildman–Crippen MR) is 63.6 cm³/mol. The number of esters is 1. The monoisotopic (exact) mass is 285 g/mol. The lowest BCUT2D eigenvalue weighted by molar-refractivity contribution is 0.0475. The largest absolute Gasteiger partial charge is 0.459 e. The van der Waals surface area contributed by atoms with Gasteiger partial charge in [0.1, 0.15) is 5.03 Å².